The number of benzene rings is 1. The van der Waals surface area contributed by atoms with Crippen molar-refractivity contribution in [2.75, 3.05) is 38.3 Å². The predicted molar refractivity (Wildman–Crippen MR) is 126 cm³/mol. The summed E-state index contributed by atoms with van der Waals surface area (Å²) < 4.78 is 5.42. The highest BCUT2D eigenvalue weighted by molar-refractivity contribution is 14.0. The molecule has 1 heterocycles. The lowest BCUT2D eigenvalue weighted by Crippen LogP contribution is -2.41. The summed E-state index contributed by atoms with van der Waals surface area (Å²) in [6.07, 6.45) is 6.41. The summed E-state index contributed by atoms with van der Waals surface area (Å²) in [7, 11) is 1.83. The predicted octanol–water partition coefficient (Wildman–Crippen LogP) is 4.17. The van der Waals surface area contributed by atoms with Gasteiger partial charge in [-0.2, -0.15) is 0 Å². The Kier molecular flexibility index (Phi) is 12.5. The van der Waals surface area contributed by atoms with Gasteiger partial charge in [0.2, 0.25) is 0 Å². The average Bonchev–Trinajstić information content (AvgIpc) is 2.69. The van der Waals surface area contributed by atoms with Gasteiger partial charge in [-0.05, 0) is 31.0 Å². The maximum absolute atomic E-state index is 5.42. The lowest BCUT2D eigenvalue weighted by atomic mass is 10.1. The molecule has 0 aromatic heterocycles. The van der Waals surface area contributed by atoms with Gasteiger partial charge in [0.25, 0.3) is 0 Å². The molecule has 0 spiro atoms. The molecule has 1 aliphatic heterocycles. The number of hydrogen-bond donors (Lipinski definition) is 2. The van der Waals surface area contributed by atoms with Crippen LogP contribution in [0.2, 0.25) is 0 Å². The van der Waals surface area contributed by atoms with Gasteiger partial charge in [-0.1, -0.05) is 44.7 Å². The van der Waals surface area contributed by atoms with Crippen LogP contribution in [0.5, 0.6) is 0 Å². The molecule has 1 aromatic carbocycles. The zero-order valence-electron chi connectivity index (χ0n) is 17.2. The third-order valence-electron chi connectivity index (χ3n) is 4.87. The largest absolute Gasteiger partial charge is 0.378 e. The van der Waals surface area contributed by atoms with Gasteiger partial charge < -0.3 is 20.3 Å². The van der Waals surface area contributed by atoms with Gasteiger partial charge in [0.1, 0.15) is 0 Å². The molecule has 0 aliphatic carbocycles. The molecule has 2 N–H and O–H groups in total. The number of aliphatic imine (C=N–C) groups is 1. The van der Waals surface area contributed by atoms with E-state index < -0.39 is 0 Å². The van der Waals surface area contributed by atoms with Gasteiger partial charge in [0.15, 0.2) is 5.96 Å². The molecular weight excluding hydrogens is 451 g/mol. The van der Waals surface area contributed by atoms with E-state index in [1.54, 1.807) is 0 Å². The van der Waals surface area contributed by atoms with Gasteiger partial charge in [0.05, 0.1) is 13.2 Å². The third-order valence-corrected chi connectivity index (χ3v) is 4.87. The molecule has 27 heavy (non-hydrogen) atoms. The molecule has 5 nitrogen and oxygen atoms in total. The van der Waals surface area contributed by atoms with E-state index in [1.165, 1.54) is 43.4 Å². The van der Waals surface area contributed by atoms with Crippen molar-refractivity contribution < 1.29 is 4.74 Å². The van der Waals surface area contributed by atoms with Crippen LogP contribution in [0.3, 0.4) is 0 Å². The van der Waals surface area contributed by atoms with Crippen molar-refractivity contribution in [3.05, 3.63) is 29.8 Å². The van der Waals surface area contributed by atoms with E-state index >= 15 is 0 Å². The van der Waals surface area contributed by atoms with Crippen LogP contribution in [0.25, 0.3) is 0 Å². The Morgan fingerprint density at radius 3 is 2.48 bits per heavy atom. The molecule has 1 saturated heterocycles. The van der Waals surface area contributed by atoms with Crippen LogP contribution in [0.4, 0.5) is 5.69 Å². The number of ether oxygens (including phenoxy) is 1. The van der Waals surface area contributed by atoms with Crippen LogP contribution in [-0.2, 0) is 11.3 Å². The van der Waals surface area contributed by atoms with Crippen LogP contribution in [0.1, 0.15) is 51.5 Å². The molecule has 2 rings (SSSR count). The van der Waals surface area contributed by atoms with Crippen molar-refractivity contribution >= 4 is 35.6 Å². The smallest absolute Gasteiger partial charge is 0.191 e. The van der Waals surface area contributed by atoms with E-state index in [2.05, 4.69) is 58.6 Å². The van der Waals surface area contributed by atoms with Gasteiger partial charge in [-0.15, -0.1) is 24.0 Å². The number of nitrogens with zero attached hydrogens (tertiary/aromatic N) is 2. The number of rotatable bonds is 9. The van der Waals surface area contributed by atoms with Crippen molar-refractivity contribution in [3.8, 4) is 0 Å². The molecule has 0 radical (unpaired) electrons. The maximum Gasteiger partial charge on any atom is 0.191 e. The fourth-order valence-corrected chi connectivity index (χ4v) is 3.21. The summed E-state index contributed by atoms with van der Waals surface area (Å²) in [6.45, 7) is 8.86. The second kappa shape index (κ2) is 14.0. The fraction of sp³-hybridized carbons (Fsp3) is 0.667. The molecular formula is C21H37IN4O. The Bertz CT molecular complexity index is 529. The lowest BCUT2D eigenvalue weighted by Gasteiger charge is -2.29. The quantitative estimate of drug-likeness (QED) is 0.237. The summed E-state index contributed by atoms with van der Waals surface area (Å²) in [4.78, 5) is 6.73. The Hall–Kier alpha value is -1.02. The van der Waals surface area contributed by atoms with Crippen molar-refractivity contribution in [2.24, 2.45) is 4.99 Å². The number of nitrogens with one attached hydrogen (secondary N) is 2. The van der Waals surface area contributed by atoms with Crippen molar-refractivity contribution in [1.29, 1.82) is 0 Å². The first-order valence-electron chi connectivity index (χ1n) is 10.1. The summed E-state index contributed by atoms with van der Waals surface area (Å²) >= 11 is 0. The summed E-state index contributed by atoms with van der Waals surface area (Å²) in [5.41, 5.74) is 2.54. The number of morpholine rings is 1. The van der Waals surface area contributed by atoms with E-state index in [-0.39, 0.29) is 24.0 Å². The molecule has 6 heteroatoms. The van der Waals surface area contributed by atoms with Crippen molar-refractivity contribution in [3.63, 3.8) is 0 Å². The van der Waals surface area contributed by atoms with Gasteiger partial charge >= 0.3 is 0 Å². The minimum atomic E-state index is 0. The molecule has 1 fully saturated rings. The zero-order valence-corrected chi connectivity index (χ0v) is 19.5. The molecule has 1 aliphatic rings. The van der Waals surface area contributed by atoms with Crippen LogP contribution < -0.4 is 15.5 Å². The van der Waals surface area contributed by atoms with Crippen molar-refractivity contribution in [2.45, 2.75) is 58.5 Å². The number of hydrogen-bond acceptors (Lipinski definition) is 3. The summed E-state index contributed by atoms with van der Waals surface area (Å²) in [5.74, 6) is 0.880. The highest BCUT2D eigenvalue weighted by Gasteiger charge is 2.11. The molecule has 1 unspecified atom stereocenters. The molecule has 1 atom stereocenters. The first-order valence-corrected chi connectivity index (χ1v) is 10.1. The highest BCUT2D eigenvalue weighted by Crippen LogP contribution is 2.16. The van der Waals surface area contributed by atoms with E-state index in [0.29, 0.717) is 6.04 Å². The van der Waals surface area contributed by atoms with Gasteiger partial charge in [-0.25, -0.2) is 0 Å². The molecule has 0 amide bonds. The summed E-state index contributed by atoms with van der Waals surface area (Å²) in [6, 6.07) is 9.24. The second-order valence-electron chi connectivity index (χ2n) is 7.09. The Morgan fingerprint density at radius 2 is 1.85 bits per heavy atom. The van der Waals surface area contributed by atoms with Crippen LogP contribution >= 0.6 is 24.0 Å². The van der Waals surface area contributed by atoms with Gasteiger partial charge in [0, 0.05) is 38.4 Å². The molecule has 0 saturated carbocycles. The minimum absolute atomic E-state index is 0. The van der Waals surface area contributed by atoms with E-state index in [0.717, 1.165) is 38.8 Å². The summed E-state index contributed by atoms with van der Waals surface area (Å²) in [5, 5.41) is 6.92. The highest BCUT2D eigenvalue weighted by atomic mass is 127. The Morgan fingerprint density at radius 1 is 1.15 bits per heavy atom. The van der Waals surface area contributed by atoms with Crippen LogP contribution in [0.15, 0.2) is 29.3 Å². The number of halogens is 1. The number of unbranched alkanes of at least 4 members (excludes halogenated alkanes) is 3. The molecule has 1 aromatic rings. The molecule has 154 valence electrons. The Balaban J connectivity index is 0.00000364. The average molecular weight is 488 g/mol. The third kappa shape index (κ3) is 9.14. The van der Waals surface area contributed by atoms with Crippen LogP contribution in [-0.4, -0.2) is 45.4 Å². The zero-order chi connectivity index (χ0) is 18.6. The first kappa shape index (κ1) is 24.0. The standard InChI is InChI=1S/C21H36N4O.HI/c1-4-5-6-7-8-18(2)24-21(22-3)23-17-19-9-11-20(12-10-19)25-13-15-26-16-14-25;/h9-12,18H,4-8,13-17H2,1-3H3,(H2,22,23,24);1H. The molecule has 0 bridgehead atoms. The second-order valence-corrected chi connectivity index (χ2v) is 7.09. The topological polar surface area (TPSA) is 48.9 Å². The first-order chi connectivity index (χ1) is 12.7. The maximum atomic E-state index is 5.42. The van der Waals surface area contributed by atoms with E-state index in [4.69, 9.17) is 4.74 Å². The fourth-order valence-electron chi connectivity index (χ4n) is 3.21. The minimum Gasteiger partial charge on any atom is -0.378 e. The number of guanidine groups is 1. The Labute approximate surface area is 182 Å². The normalized spacial score (nSPS) is 15.8. The number of anilines is 1. The van der Waals surface area contributed by atoms with E-state index in [9.17, 15) is 0 Å². The SMILES string of the molecule is CCCCCCC(C)NC(=NC)NCc1ccc(N2CCOCC2)cc1.I. The van der Waals surface area contributed by atoms with Gasteiger partial charge in [-0.3, -0.25) is 4.99 Å². The van der Waals surface area contributed by atoms with Crippen molar-refractivity contribution in [1.82, 2.24) is 10.6 Å². The monoisotopic (exact) mass is 488 g/mol. The lowest BCUT2D eigenvalue weighted by molar-refractivity contribution is 0.122. The van der Waals surface area contributed by atoms with E-state index in [1.807, 2.05) is 7.05 Å². The van der Waals surface area contributed by atoms with Crippen LogP contribution in [0, 0.1) is 0 Å².